The highest BCUT2D eigenvalue weighted by molar-refractivity contribution is 6.10. The smallest absolute Gasteiger partial charge is 0.325 e. The Labute approximate surface area is 176 Å². The van der Waals surface area contributed by atoms with Crippen molar-refractivity contribution in [3.63, 3.8) is 0 Å². The van der Waals surface area contributed by atoms with Crippen molar-refractivity contribution in [3.8, 4) is 5.75 Å². The van der Waals surface area contributed by atoms with E-state index in [9.17, 15) is 14.4 Å². The Morgan fingerprint density at radius 1 is 1.13 bits per heavy atom. The number of carbonyl (C=O) groups is 3. The second-order valence-electron chi connectivity index (χ2n) is 7.87. The number of rotatable bonds is 7. The van der Waals surface area contributed by atoms with Gasteiger partial charge in [0.25, 0.3) is 5.91 Å². The van der Waals surface area contributed by atoms with Gasteiger partial charge in [-0.2, -0.15) is 0 Å². The molecule has 0 aromatic heterocycles. The molecule has 2 N–H and O–H groups in total. The Morgan fingerprint density at radius 3 is 2.50 bits per heavy atom. The highest BCUT2D eigenvalue weighted by atomic mass is 16.5. The van der Waals surface area contributed by atoms with Crippen LogP contribution < -0.4 is 15.4 Å². The maximum Gasteiger partial charge on any atom is 0.325 e. The topological polar surface area (TPSA) is 87.7 Å². The highest BCUT2D eigenvalue weighted by Gasteiger charge is 2.47. The number of aryl methyl sites for hydroxylation is 3. The number of ether oxygens (including phenoxy) is 1. The normalized spacial score (nSPS) is 18.3. The first kappa shape index (κ1) is 21.4. The molecule has 3 rings (SSSR count). The van der Waals surface area contributed by atoms with E-state index < -0.39 is 23.4 Å². The van der Waals surface area contributed by atoms with Gasteiger partial charge in [0.05, 0.1) is 7.11 Å². The number of carbonyl (C=O) groups excluding carboxylic acids is 3. The highest BCUT2D eigenvalue weighted by Crippen LogP contribution is 2.24. The SMILES string of the molecule is COc1ccc(CC[C@]2(C)NC(=O)N(CC(=O)Nc3cc(C)ccc3C)C2=O)cc1. The maximum absolute atomic E-state index is 12.9. The molecule has 158 valence electrons. The zero-order valence-electron chi connectivity index (χ0n) is 17.7. The summed E-state index contributed by atoms with van der Waals surface area (Å²) in [5.74, 6) is -0.0417. The van der Waals surface area contributed by atoms with E-state index in [1.54, 1.807) is 14.0 Å². The number of hydrogen-bond donors (Lipinski definition) is 2. The molecule has 1 aliphatic rings. The average molecular weight is 409 g/mol. The lowest BCUT2D eigenvalue weighted by Crippen LogP contribution is -2.45. The van der Waals surface area contributed by atoms with E-state index in [1.165, 1.54) is 0 Å². The minimum atomic E-state index is -1.05. The van der Waals surface area contributed by atoms with E-state index in [4.69, 9.17) is 4.74 Å². The lowest BCUT2D eigenvalue weighted by molar-refractivity contribution is -0.133. The zero-order valence-corrected chi connectivity index (χ0v) is 17.7. The molecule has 30 heavy (non-hydrogen) atoms. The van der Waals surface area contributed by atoms with Gasteiger partial charge < -0.3 is 15.4 Å². The fraction of sp³-hybridized carbons (Fsp3) is 0.348. The van der Waals surface area contributed by atoms with Gasteiger partial charge in [-0.25, -0.2) is 4.79 Å². The molecule has 7 heteroatoms. The van der Waals surface area contributed by atoms with Crippen LogP contribution in [0, 0.1) is 13.8 Å². The van der Waals surface area contributed by atoms with Crippen LogP contribution in [-0.2, 0) is 16.0 Å². The van der Waals surface area contributed by atoms with Crippen LogP contribution in [0.1, 0.15) is 30.0 Å². The van der Waals surface area contributed by atoms with Crippen LogP contribution in [0.3, 0.4) is 0 Å². The van der Waals surface area contributed by atoms with Crippen molar-refractivity contribution >= 4 is 23.5 Å². The molecule has 1 fully saturated rings. The molecule has 1 heterocycles. The van der Waals surface area contributed by atoms with Crippen molar-refractivity contribution in [2.75, 3.05) is 19.0 Å². The summed E-state index contributed by atoms with van der Waals surface area (Å²) in [6.45, 7) is 5.19. The van der Waals surface area contributed by atoms with E-state index in [0.29, 0.717) is 18.5 Å². The van der Waals surface area contributed by atoms with Gasteiger partial charge in [0, 0.05) is 5.69 Å². The van der Waals surface area contributed by atoms with Crippen molar-refractivity contribution in [1.29, 1.82) is 0 Å². The molecule has 1 aliphatic heterocycles. The molecule has 0 radical (unpaired) electrons. The summed E-state index contributed by atoms with van der Waals surface area (Å²) in [5, 5.41) is 5.54. The number of nitrogens with one attached hydrogen (secondary N) is 2. The van der Waals surface area contributed by atoms with E-state index in [0.717, 1.165) is 27.3 Å². The zero-order chi connectivity index (χ0) is 21.9. The Morgan fingerprint density at radius 2 is 1.83 bits per heavy atom. The van der Waals surface area contributed by atoms with Crippen LogP contribution in [0.15, 0.2) is 42.5 Å². The van der Waals surface area contributed by atoms with E-state index in [1.807, 2.05) is 56.3 Å². The molecular formula is C23H27N3O4. The summed E-state index contributed by atoms with van der Waals surface area (Å²) in [5.41, 5.74) is 2.59. The Kier molecular flexibility index (Phi) is 6.10. The minimum absolute atomic E-state index is 0.323. The molecule has 1 saturated heterocycles. The molecule has 0 spiro atoms. The average Bonchev–Trinajstić information content (AvgIpc) is 2.93. The lowest BCUT2D eigenvalue weighted by Gasteiger charge is -2.21. The maximum atomic E-state index is 12.9. The summed E-state index contributed by atoms with van der Waals surface area (Å²) in [6, 6.07) is 12.8. The standard InChI is InChI=1S/C23H27N3O4/c1-15-5-6-16(2)19(13-15)24-20(27)14-26-21(28)23(3,25-22(26)29)12-11-17-7-9-18(30-4)10-8-17/h5-10,13H,11-12,14H2,1-4H3,(H,24,27)(H,25,29)/t23-/m0/s1. The van der Waals surface area contributed by atoms with Crippen molar-refractivity contribution < 1.29 is 19.1 Å². The first-order valence-electron chi connectivity index (χ1n) is 9.86. The number of urea groups is 1. The van der Waals surface area contributed by atoms with Gasteiger partial charge in [-0.15, -0.1) is 0 Å². The summed E-state index contributed by atoms with van der Waals surface area (Å²) in [4.78, 5) is 38.8. The number of benzene rings is 2. The van der Waals surface area contributed by atoms with Gasteiger partial charge in [0.2, 0.25) is 5.91 Å². The molecule has 2 aromatic rings. The van der Waals surface area contributed by atoms with Gasteiger partial charge in [-0.1, -0.05) is 24.3 Å². The van der Waals surface area contributed by atoms with Crippen molar-refractivity contribution in [2.24, 2.45) is 0 Å². The fourth-order valence-electron chi connectivity index (χ4n) is 3.45. The van der Waals surface area contributed by atoms with Crippen LogP contribution in [-0.4, -0.2) is 41.9 Å². The van der Waals surface area contributed by atoms with Gasteiger partial charge in [-0.3, -0.25) is 14.5 Å². The van der Waals surface area contributed by atoms with Crippen LogP contribution in [0.5, 0.6) is 5.75 Å². The van der Waals surface area contributed by atoms with Crippen LogP contribution in [0.4, 0.5) is 10.5 Å². The predicted molar refractivity (Wildman–Crippen MR) is 115 cm³/mol. The Balaban J connectivity index is 1.62. The van der Waals surface area contributed by atoms with Crippen molar-refractivity contribution in [3.05, 3.63) is 59.2 Å². The third kappa shape index (κ3) is 4.62. The second kappa shape index (κ2) is 8.57. The van der Waals surface area contributed by atoms with Crippen LogP contribution in [0.25, 0.3) is 0 Å². The minimum Gasteiger partial charge on any atom is -0.497 e. The molecule has 2 aromatic carbocycles. The monoisotopic (exact) mass is 409 g/mol. The van der Waals surface area contributed by atoms with E-state index in [-0.39, 0.29) is 6.54 Å². The summed E-state index contributed by atoms with van der Waals surface area (Å²) in [7, 11) is 1.60. The Bertz CT molecular complexity index is 971. The molecule has 0 aliphatic carbocycles. The number of hydrogen-bond acceptors (Lipinski definition) is 4. The van der Waals surface area contributed by atoms with Crippen LogP contribution in [0.2, 0.25) is 0 Å². The molecule has 7 nitrogen and oxygen atoms in total. The van der Waals surface area contributed by atoms with Gasteiger partial charge in [0.1, 0.15) is 17.8 Å². The third-order valence-electron chi connectivity index (χ3n) is 5.39. The Hall–Kier alpha value is -3.35. The summed E-state index contributed by atoms with van der Waals surface area (Å²) >= 11 is 0. The summed E-state index contributed by atoms with van der Waals surface area (Å²) < 4.78 is 5.15. The first-order chi connectivity index (χ1) is 14.2. The molecule has 0 saturated carbocycles. The lowest BCUT2D eigenvalue weighted by atomic mass is 9.93. The molecule has 4 amide bonds. The quantitative estimate of drug-likeness (QED) is 0.688. The predicted octanol–water partition coefficient (Wildman–Crippen LogP) is 3.19. The van der Waals surface area contributed by atoms with Gasteiger partial charge in [-0.05, 0) is 68.5 Å². The van der Waals surface area contributed by atoms with Crippen molar-refractivity contribution in [2.45, 2.75) is 39.2 Å². The molecule has 1 atom stereocenters. The number of nitrogens with zero attached hydrogens (tertiary/aromatic N) is 1. The molecular weight excluding hydrogens is 382 g/mol. The third-order valence-corrected chi connectivity index (χ3v) is 5.39. The number of amides is 4. The van der Waals surface area contributed by atoms with Gasteiger partial charge >= 0.3 is 6.03 Å². The van der Waals surface area contributed by atoms with Crippen molar-refractivity contribution in [1.82, 2.24) is 10.2 Å². The van der Waals surface area contributed by atoms with Crippen LogP contribution >= 0.6 is 0 Å². The molecule has 0 bridgehead atoms. The number of anilines is 1. The van der Waals surface area contributed by atoms with E-state index >= 15 is 0 Å². The number of methoxy groups -OCH3 is 1. The van der Waals surface area contributed by atoms with E-state index in [2.05, 4.69) is 10.6 Å². The first-order valence-corrected chi connectivity index (χ1v) is 9.86. The number of imide groups is 1. The molecule has 0 unspecified atom stereocenters. The van der Waals surface area contributed by atoms with Gasteiger partial charge in [0.15, 0.2) is 0 Å². The fourth-order valence-corrected chi connectivity index (χ4v) is 3.45. The summed E-state index contributed by atoms with van der Waals surface area (Å²) in [6.07, 6.45) is 1.04. The largest absolute Gasteiger partial charge is 0.497 e. The second-order valence-corrected chi connectivity index (χ2v) is 7.87.